The van der Waals surface area contributed by atoms with Crippen LogP contribution in [0.15, 0.2) is 52.9 Å². The Morgan fingerprint density at radius 2 is 1.90 bits per heavy atom. The summed E-state index contributed by atoms with van der Waals surface area (Å²) in [4.78, 5) is 24.1. The molecule has 2 heterocycles. The average Bonchev–Trinajstić information content (AvgIpc) is 2.49. The van der Waals surface area contributed by atoms with Gasteiger partial charge in [-0.2, -0.15) is 0 Å². The van der Waals surface area contributed by atoms with Crippen LogP contribution in [0.2, 0.25) is 0 Å². The first-order valence-corrected chi connectivity index (χ1v) is 6.90. The van der Waals surface area contributed by atoms with Crippen molar-refractivity contribution in [2.24, 2.45) is 5.73 Å². The van der Waals surface area contributed by atoms with Crippen molar-refractivity contribution >= 4 is 34.3 Å². The van der Waals surface area contributed by atoms with E-state index in [4.69, 9.17) is 11.5 Å². The lowest BCUT2D eigenvalue weighted by Crippen LogP contribution is -2.13. The molecule has 0 radical (unpaired) electrons. The molecule has 7 heteroatoms. The highest BCUT2D eigenvalue weighted by molar-refractivity contribution is 7.99. The number of hydrogen-bond donors (Lipinski definition) is 2. The van der Waals surface area contributed by atoms with Crippen molar-refractivity contribution in [2.75, 3.05) is 5.73 Å². The predicted molar refractivity (Wildman–Crippen MR) is 80.8 cm³/mol. The molecule has 0 saturated heterocycles. The molecule has 104 valence electrons. The summed E-state index contributed by atoms with van der Waals surface area (Å²) in [5.74, 6) is -0.573. The number of carbonyl (C=O) groups excluding carboxylic acids is 1. The Bertz CT molecular complexity index is 831. The van der Waals surface area contributed by atoms with Crippen LogP contribution in [-0.2, 0) is 0 Å². The van der Waals surface area contributed by atoms with Gasteiger partial charge in [-0.15, -0.1) is 0 Å². The largest absolute Gasteiger partial charge is 0.397 e. The number of nitrogen functional groups attached to an aromatic ring is 1. The molecule has 2 aromatic heterocycles. The second kappa shape index (κ2) is 5.37. The molecule has 0 unspecified atom stereocenters. The highest BCUT2D eigenvalue weighted by atomic mass is 32.2. The van der Waals surface area contributed by atoms with Crippen LogP contribution in [-0.4, -0.2) is 20.9 Å². The van der Waals surface area contributed by atoms with Crippen molar-refractivity contribution < 1.29 is 4.79 Å². The van der Waals surface area contributed by atoms with Crippen molar-refractivity contribution in [3.8, 4) is 0 Å². The van der Waals surface area contributed by atoms with Crippen LogP contribution in [0.4, 0.5) is 5.69 Å². The maximum Gasteiger partial charge on any atom is 0.251 e. The van der Waals surface area contributed by atoms with Gasteiger partial charge in [-0.3, -0.25) is 4.79 Å². The zero-order chi connectivity index (χ0) is 14.8. The van der Waals surface area contributed by atoms with Crippen molar-refractivity contribution in [1.29, 1.82) is 0 Å². The topological polar surface area (TPSA) is 108 Å². The third kappa shape index (κ3) is 2.63. The number of carbonyl (C=O) groups is 1. The Morgan fingerprint density at radius 1 is 1.10 bits per heavy atom. The molecule has 1 aromatic carbocycles. The van der Waals surface area contributed by atoms with E-state index in [-0.39, 0.29) is 5.56 Å². The number of rotatable bonds is 3. The van der Waals surface area contributed by atoms with Crippen LogP contribution in [0.1, 0.15) is 10.4 Å². The molecule has 0 fully saturated rings. The Kier molecular flexibility index (Phi) is 3.41. The lowest BCUT2D eigenvalue weighted by molar-refractivity contribution is 0.0997. The SMILES string of the molecule is NC(=O)c1cc(N)cnc1Sc1ncnc2ccccc12. The van der Waals surface area contributed by atoms with Gasteiger partial charge in [-0.1, -0.05) is 18.2 Å². The number of aromatic nitrogens is 3. The van der Waals surface area contributed by atoms with Crippen LogP contribution >= 0.6 is 11.8 Å². The quantitative estimate of drug-likeness (QED) is 0.714. The molecule has 0 spiro atoms. The van der Waals surface area contributed by atoms with Gasteiger partial charge >= 0.3 is 0 Å². The number of para-hydroxylation sites is 1. The summed E-state index contributed by atoms with van der Waals surface area (Å²) in [6.07, 6.45) is 2.96. The molecule has 4 N–H and O–H groups in total. The van der Waals surface area contributed by atoms with Crippen LogP contribution in [0.3, 0.4) is 0 Å². The monoisotopic (exact) mass is 297 g/mol. The number of primary amides is 1. The normalized spacial score (nSPS) is 10.7. The minimum Gasteiger partial charge on any atom is -0.397 e. The number of anilines is 1. The summed E-state index contributed by atoms with van der Waals surface area (Å²) in [5.41, 5.74) is 12.5. The Hall–Kier alpha value is -2.67. The standard InChI is InChI=1S/C14H11N5OS/c15-8-5-10(12(16)20)14(17-6-8)21-13-9-3-1-2-4-11(9)18-7-19-13/h1-7H,15H2,(H2,16,20). The number of fused-ring (bicyclic) bond motifs is 1. The third-order valence-corrected chi connectivity index (χ3v) is 3.87. The molecular formula is C14H11N5OS. The first-order chi connectivity index (χ1) is 10.1. The van der Waals surface area contributed by atoms with Crippen molar-refractivity contribution in [3.63, 3.8) is 0 Å². The number of nitrogens with zero attached hydrogens (tertiary/aromatic N) is 3. The van der Waals surface area contributed by atoms with Crippen molar-refractivity contribution in [2.45, 2.75) is 10.1 Å². The van der Waals surface area contributed by atoms with Gasteiger partial charge < -0.3 is 11.5 Å². The van der Waals surface area contributed by atoms with E-state index in [2.05, 4.69) is 15.0 Å². The molecule has 6 nitrogen and oxygen atoms in total. The van der Waals surface area contributed by atoms with E-state index in [1.165, 1.54) is 30.4 Å². The highest BCUT2D eigenvalue weighted by Crippen LogP contribution is 2.32. The Labute approximate surface area is 124 Å². The van der Waals surface area contributed by atoms with E-state index in [1.54, 1.807) is 0 Å². The third-order valence-electron chi connectivity index (χ3n) is 2.84. The smallest absolute Gasteiger partial charge is 0.251 e. The van der Waals surface area contributed by atoms with Crippen LogP contribution in [0.5, 0.6) is 0 Å². The zero-order valence-corrected chi connectivity index (χ0v) is 11.7. The van der Waals surface area contributed by atoms with E-state index in [9.17, 15) is 4.79 Å². The molecule has 3 aromatic rings. The molecule has 0 aliphatic carbocycles. The number of nitrogens with two attached hydrogens (primary N) is 2. The average molecular weight is 297 g/mol. The summed E-state index contributed by atoms with van der Waals surface area (Å²) in [6.45, 7) is 0. The van der Waals surface area contributed by atoms with Crippen LogP contribution < -0.4 is 11.5 Å². The van der Waals surface area contributed by atoms with Gasteiger partial charge in [0.15, 0.2) is 0 Å². The van der Waals surface area contributed by atoms with Crippen molar-refractivity contribution in [3.05, 3.63) is 48.4 Å². The summed E-state index contributed by atoms with van der Waals surface area (Å²) in [7, 11) is 0. The maximum absolute atomic E-state index is 11.5. The summed E-state index contributed by atoms with van der Waals surface area (Å²) in [6, 6.07) is 9.13. The molecular weight excluding hydrogens is 286 g/mol. The summed E-state index contributed by atoms with van der Waals surface area (Å²) >= 11 is 1.26. The lowest BCUT2D eigenvalue weighted by atomic mass is 10.2. The zero-order valence-electron chi connectivity index (χ0n) is 10.9. The Balaban J connectivity index is 2.09. The van der Waals surface area contributed by atoms with E-state index in [0.29, 0.717) is 15.7 Å². The van der Waals surface area contributed by atoms with E-state index in [1.807, 2.05) is 24.3 Å². The van der Waals surface area contributed by atoms with Crippen LogP contribution in [0, 0.1) is 0 Å². The van der Waals surface area contributed by atoms with E-state index >= 15 is 0 Å². The number of amides is 1. The fraction of sp³-hybridized carbons (Fsp3) is 0. The fourth-order valence-corrected chi connectivity index (χ4v) is 2.82. The number of benzene rings is 1. The van der Waals surface area contributed by atoms with Gasteiger partial charge in [0.2, 0.25) is 0 Å². The molecule has 0 atom stereocenters. The maximum atomic E-state index is 11.5. The molecule has 0 saturated carbocycles. The summed E-state index contributed by atoms with van der Waals surface area (Å²) in [5, 5.41) is 2.07. The molecule has 21 heavy (non-hydrogen) atoms. The Morgan fingerprint density at radius 3 is 2.71 bits per heavy atom. The number of hydrogen-bond acceptors (Lipinski definition) is 6. The van der Waals surface area contributed by atoms with Gasteiger partial charge in [0.1, 0.15) is 16.4 Å². The van der Waals surface area contributed by atoms with Crippen LogP contribution in [0.25, 0.3) is 10.9 Å². The fourth-order valence-electron chi connectivity index (χ4n) is 1.88. The van der Waals surface area contributed by atoms with E-state index in [0.717, 1.165) is 10.9 Å². The second-order valence-electron chi connectivity index (χ2n) is 4.28. The lowest BCUT2D eigenvalue weighted by Gasteiger charge is -2.07. The van der Waals surface area contributed by atoms with E-state index < -0.39 is 5.91 Å². The highest BCUT2D eigenvalue weighted by Gasteiger charge is 2.14. The molecule has 1 amide bonds. The minimum atomic E-state index is -0.573. The van der Waals surface area contributed by atoms with Gasteiger partial charge in [-0.05, 0) is 23.9 Å². The van der Waals surface area contributed by atoms with Crippen molar-refractivity contribution in [1.82, 2.24) is 15.0 Å². The van der Waals surface area contributed by atoms with Gasteiger partial charge in [0, 0.05) is 5.39 Å². The van der Waals surface area contributed by atoms with Gasteiger partial charge in [-0.25, -0.2) is 15.0 Å². The minimum absolute atomic E-state index is 0.280. The van der Waals surface area contributed by atoms with Gasteiger partial charge in [0.05, 0.1) is 23.0 Å². The van der Waals surface area contributed by atoms with Gasteiger partial charge in [0.25, 0.3) is 5.91 Å². The second-order valence-corrected chi connectivity index (χ2v) is 5.26. The summed E-state index contributed by atoms with van der Waals surface area (Å²) < 4.78 is 0. The molecule has 0 bridgehead atoms. The molecule has 3 rings (SSSR count). The first kappa shape index (κ1) is 13.3. The predicted octanol–water partition coefficient (Wildman–Crippen LogP) is 1.86. The first-order valence-electron chi connectivity index (χ1n) is 6.08. The number of pyridine rings is 1. The molecule has 0 aliphatic heterocycles. The molecule has 0 aliphatic rings.